The predicted molar refractivity (Wildman–Crippen MR) is 111 cm³/mol. The first-order valence-electron chi connectivity index (χ1n) is 10.0. The van der Waals surface area contributed by atoms with Gasteiger partial charge in [-0.2, -0.15) is 0 Å². The number of benzene rings is 1. The number of anilines is 2. The highest BCUT2D eigenvalue weighted by atomic mass is 16.5. The van der Waals surface area contributed by atoms with Crippen molar-refractivity contribution >= 4 is 17.5 Å². The molecule has 0 N–H and O–H groups in total. The average Bonchev–Trinajstić information content (AvgIpc) is 2.80. The second kappa shape index (κ2) is 9.09. The van der Waals surface area contributed by atoms with Crippen LogP contribution in [0.2, 0.25) is 0 Å². The topological polar surface area (TPSA) is 71.0 Å². The molecule has 0 spiro atoms. The summed E-state index contributed by atoms with van der Waals surface area (Å²) in [6, 6.07) is 11.7. The molecule has 0 bridgehead atoms. The summed E-state index contributed by atoms with van der Waals surface area (Å²) in [5.74, 6) is 2.72. The highest BCUT2D eigenvalue weighted by Gasteiger charge is 2.22. The zero-order chi connectivity index (χ0) is 20.1. The van der Waals surface area contributed by atoms with Crippen LogP contribution in [0.4, 0.5) is 11.6 Å². The number of morpholine rings is 1. The maximum absolute atomic E-state index is 12.6. The highest BCUT2D eigenvalue weighted by Crippen LogP contribution is 2.18. The Morgan fingerprint density at radius 3 is 2.03 bits per heavy atom. The molecule has 8 nitrogen and oxygen atoms in total. The van der Waals surface area contributed by atoms with Crippen LogP contribution in [0.15, 0.2) is 36.4 Å². The third-order valence-corrected chi connectivity index (χ3v) is 5.44. The van der Waals surface area contributed by atoms with Crippen molar-refractivity contribution in [2.75, 3.05) is 69.4 Å². The molecule has 1 amide bonds. The number of nitrogens with zero attached hydrogens (tertiary/aromatic N) is 5. The van der Waals surface area contributed by atoms with E-state index in [2.05, 4.69) is 20.0 Å². The Bertz CT molecular complexity index is 798. The Balaban J connectivity index is 1.28. The van der Waals surface area contributed by atoms with Crippen molar-refractivity contribution < 1.29 is 14.3 Å². The standard InChI is InChI=1S/C21H27N5O3/c1-28-18-4-2-17(3-5-18)16-21(27)26-10-8-24(9-11-26)19-6-7-20(23-22-19)25-12-14-29-15-13-25/h2-7H,8-16H2,1H3. The van der Waals surface area contributed by atoms with E-state index < -0.39 is 0 Å². The fraction of sp³-hybridized carbons (Fsp3) is 0.476. The van der Waals surface area contributed by atoms with Gasteiger partial charge in [-0.3, -0.25) is 4.79 Å². The molecule has 2 fully saturated rings. The third-order valence-electron chi connectivity index (χ3n) is 5.44. The molecule has 1 aromatic heterocycles. The molecule has 154 valence electrons. The fourth-order valence-electron chi connectivity index (χ4n) is 3.66. The third kappa shape index (κ3) is 4.76. The summed E-state index contributed by atoms with van der Waals surface area (Å²) < 4.78 is 10.5. The van der Waals surface area contributed by atoms with Gasteiger partial charge >= 0.3 is 0 Å². The van der Waals surface area contributed by atoms with Crippen molar-refractivity contribution in [3.8, 4) is 5.75 Å². The number of rotatable bonds is 5. The predicted octanol–water partition coefficient (Wildman–Crippen LogP) is 1.21. The number of carbonyl (C=O) groups excluding carboxylic acids is 1. The first-order valence-corrected chi connectivity index (χ1v) is 10.0. The van der Waals surface area contributed by atoms with Gasteiger partial charge in [0.1, 0.15) is 5.75 Å². The van der Waals surface area contributed by atoms with E-state index in [0.717, 1.165) is 62.3 Å². The first-order chi connectivity index (χ1) is 14.2. The molecule has 4 rings (SSSR count). The number of ether oxygens (including phenoxy) is 2. The van der Waals surface area contributed by atoms with Crippen LogP contribution in [0, 0.1) is 0 Å². The Morgan fingerprint density at radius 2 is 1.48 bits per heavy atom. The van der Waals surface area contributed by atoms with Crippen LogP contribution in [0.1, 0.15) is 5.56 Å². The van der Waals surface area contributed by atoms with Gasteiger partial charge in [-0.05, 0) is 29.8 Å². The smallest absolute Gasteiger partial charge is 0.227 e. The van der Waals surface area contributed by atoms with Gasteiger partial charge in [0.25, 0.3) is 0 Å². The molecule has 2 saturated heterocycles. The molecule has 2 aliphatic rings. The number of piperazine rings is 1. The van der Waals surface area contributed by atoms with E-state index in [1.54, 1.807) is 7.11 Å². The summed E-state index contributed by atoms with van der Waals surface area (Å²) in [6.07, 6.45) is 0.415. The fourth-order valence-corrected chi connectivity index (χ4v) is 3.66. The summed E-state index contributed by atoms with van der Waals surface area (Å²) in [6.45, 7) is 6.08. The van der Waals surface area contributed by atoms with Crippen LogP contribution < -0.4 is 14.5 Å². The summed E-state index contributed by atoms with van der Waals surface area (Å²) in [7, 11) is 1.64. The molecule has 0 atom stereocenters. The molecular formula is C21H27N5O3. The molecule has 2 aromatic rings. The van der Waals surface area contributed by atoms with Crippen LogP contribution in [0.3, 0.4) is 0 Å². The van der Waals surface area contributed by atoms with E-state index in [4.69, 9.17) is 9.47 Å². The van der Waals surface area contributed by atoms with Crippen molar-refractivity contribution in [1.82, 2.24) is 15.1 Å². The highest BCUT2D eigenvalue weighted by molar-refractivity contribution is 5.79. The Hall–Kier alpha value is -2.87. The van der Waals surface area contributed by atoms with Gasteiger partial charge in [-0.15, -0.1) is 10.2 Å². The van der Waals surface area contributed by atoms with Gasteiger partial charge in [0.05, 0.1) is 26.7 Å². The van der Waals surface area contributed by atoms with Gasteiger partial charge in [-0.25, -0.2) is 0 Å². The number of hydrogen-bond donors (Lipinski definition) is 0. The molecule has 1 aromatic carbocycles. The van der Waals surface area contributed by atoms with Crippen LogP contribution in [0.25, 0.3) is 0 Å². The Morgan fingerprint density at radius 1 is 0.897 bits per heavy atom. The molecule has 0 saturated carbocycles. The lowest BCUT2D eigenvalue weighted by Gasteiger charge is -2.35. The molecule has 29 heavy (non-hydrogen) atoms. The van der Waals surface area contributed by atoms with E-state index in [-0.39, 0.29) is 5.91 Å². The minimum absolute atomic E-state index is 0.156. The molecule has 3 heterocycles. The molecule has 0 aliphatic carbocycles. The molecular weight excluding hydrogens is 370 g/mol. The summed E-state index contributed by atoms with van der Waals surface area (Å²) in [5.41, 5.74) is 1.00. The lowest BCUT2D eigenvalue weighted by atomic mass is 10.1. The zero-order valence-corrected chi connectivity index (χ0v) is 16.8. The van der Waals surface area contributed by atoms with Crippen molar-refractivity contribution in [2.45, 2.75) is 6.42 Å². The first kappa shape index (κ1) is 19.4. The van der Waals surface area contributed by atoms with E-state index in [0.29, 0.717) is 19.5 Å². The van der Waals surface area contributed by atoms with Crippen LogP contribution in [-0.4, -0.2) is 80.6 Å². The summed E-state index contributed by atoms with van der Waals surface area (Å²) in [5, 5.41) is 8.80. The van der Waals surface area contributed by atoms with Gasteiger partial charge in [0.2, 0.25) is 5.91 Å². The van der Waals surface area contributed by atoms with E-state index in [1.807, 2.05) is 41.3 Å². The SMILES string of the molecule is COc1ccc(CC(=O)N2CCN(c3ccc(N4CCOCC4)nn3)CC2)cc1. The minimum Gasteiger partial charge on any atom is -0.497 e. The van der Waals surface area contributed by atoms with Crippen molar-refractivity contribution in [3.05, 3.63) is 42.0 Å². The second-order valence-electron chi connectivity index (χ2n) is 7.24. The van der Waals surface area contributed by atoms with Gasteiger partial charge in [-0.1, -0.05) is 12.1 Å². The van der Waals surface area contributed by atoms with Crippen molar-refractivity contribution in [3.63, 3.8) is 0 Å². The zero-order valence-electron chi connectivity index (χ0n) is 16.8. The maximum Gasteiger partial charge on any atom is 0.227 e. The van der Waals surface area contributed by atoms with E-state index >= 15 is 0 Å². The monoisotopic (exact) mass is 397 g/mol. The average molecular weight is 397 g/mol. The van der Waals surface area contributed by atoms with E-state index in [1.165, 1.54) is 0 Å². The van der Waals surface area contributed by atoms with Crippen LogP contribution in [0.5, 0.6) is 5.75 Å². The molecule has 8 heteroatoms. The number of hydrogen-bond acceptors (Lipinski definition) is 7. The van der Waals surface area contributed by atoms with Gasteiger partial charge in [0, 0.05) is 39.3 Å². The van der Waals surface area contributed by atoms with Crippen molar-refractivity contribution in [2.24, 2.45) is 0 Å². The lowest BCUT2D eigenvalue weighted by Crippen LogP contribution is -2.49. The molecule has 0 unspecified atom stereocenters. The van der Waals surface area contributed by atoms with Gasteiger partial charge in [0.15, 0.2) is 11.6 Å². The number of amides is 1. The molecule has 0 radical (unpaired) electrons. The van der Waals surface area contributed by atoms with Crippen molar-refractivity contribution in [1.29, 1.82) is 0 Å². The Labute approximate surface area is 171 Å². The Kier molecular flexibility index (Phi) is 6.09. The second-order valence-corrected chi connectivity index (χ2v) is 7.24. The number of aromatic nitrogens is 2. The maximum atomic E-state index is 12.6. The lowest BCUT2D eigenvalue weighted by molar-refractivity contribution is -0.130. The number of carbonyl (C=O) groups is 1. The molecule has 2 aliphatic heterocycles. The van der Waals surface area contributed by atoms with Gasteiger partial charge < -0.3 is 24.2 Å². The summed E-state index contributed by atoms with van der Waals surface area (Å²) in [4.78, 5) is 18.9. The van der Waals surface area contributed by atoms with Crippen LogP contribution >= 0.6 is 0 Å². The van der Waals surface area contributed by atoms with Crippen LogP contribution in [-0.2, 0) is 16.0 Å². The number of methoxy groups -OCH3 is 1. The summed E-state index contributed by atoms with van der Waals surface area (Å²) >= 11 is 0. The normalized spacial score (nSPS) is 17.3. The minimum atomic E-state index is 0.156. The quantitative estimate of drug-likeness (QED) is 0.751. The van der Waals surface area contributed by atoms with E-state index in [9.17, 15) is 4.79 Å². The largest absolute Gasteiger partial charge is 0.497 e.